The first-order valence-electron chi connectivity index (χ1n) is 8.82. The molecule has 7 heteroatoms. The van der Waals surface area contributed by atoms with Crippen LogP contribution in [0.25, 0.3) is 16.6 Å². The van der Waals surface area contributed by atoms with E-state index in [1.54, 1.807) is 11.8 Å². The number of rotatable bonds is 6. The maximum absolute atomic E-state index is 12.3. The number of amides is 1. The standard InChI is InChI=1S/C21H19ClN4O2/c1-28-19-6-4-18(5-7-19)26-11-9-17(24-26)13-23-21(27)14-25-10-8-15-2-3-16(22)12-20(15)25/h2-12H,13-14H2,1H3,(H,23,27). The van der Waals surface area contributed by atoms with Gasteiger partial charge < -0.3 is 14.6 Å². The number of nitrogens with one attached hydrogen (secondary N) is 1. The Morgan fingerprint density at radius 2 is 1.93 bits per heavy atom. The minimum Gasteiger partial charge on any atom is -0.497 e. The number of hydrogen-bond acceptors (Lipinski definition) is 3. The second kappa shape index (κ2) is 7.78. The van der Waals surface area contributed by atoms with Crippen molar-refractivity contribution in [2.75, 3.05) is 7.11 Å². The molecule has 6 nitrogen and oxygen atoms in total. The molecule has 2 heterocycles. The fourth-order valence-electron chi connectivity index (χ4n) is 3.03. The summed E-state index contributed by atoms with van der Waals surface area (Å²) in [5.41, 5.74) is 2.64. The fourth-order valence-corrected chi connectivity index (χ4v) is 3.20. The number of aromatic nitrogens is 3. The van der Waals surface area contributed by atoms with Crippen molar-refractivity contribution in [2.24, 2.45) is 0 Å². The van der Waals surface area contributed by atoms with Crippen LogP contribution in [-0.2, 0) is 17.9 Å². The maximum Gasteiger partial charge on any atom is 0.240 e. The van der Waals surface area contributed by atoms with E-state index >= 15 is 0 Å². The van der Waals surface area contributed by atoms with Crippen LogP contribution in [0.15, 0.2) is 67.0 Å². The molecule has 0 saturated carbocycles. The lowest BCUT2D eigenvalue weighted by Gasteiger charge is -2.07. The molecule has 1 amide bonds. The number of hydrogen-bond donors (Lipinski definition) is 1. The van der Waals surface area contributed by atoms with E-state index in [0.717, 1.165) is 28.0 Å². The first kappa shape index (κ1) is 18.1. The zero-order valence-electron chi connectivity index (χ0n) is 15.3. The molecule has 142 valence electrons. The SMILES string of the molecule is COc1ccc(-n2ccc(CNC(=O)Cn3ccc4ccc(Cl)cc43)n2)cc1. The van der Waals surface area contributed by atoms with Crippen molar-refractivity contribution in [3.63, 3.8) is 0 Å². The molecule has 0 aliphatic heterocycles. The van der Waals surface area contributed by atoms with Gasteiger partial charge in [-0.05, 0) is 53.9 Å². The zero-order chi connectivity index (χ0) is 19.5. The van der Waals surface area contributed by atoms with Crippen molar-refractivity contribution in [3.8, 4) is 11.4 Å². The Morgan fingerprint density at radius 1 is 1.11 bits per heavy atom. The lowest BCUT2D eigenvalue weighted by molar-refractivity contribution is -0.121. The predicted octanol–water partition coefficient (Wildman–Crippen LogP) is 3.81. The van der Waals surface area contributed by atoms with E-state index in [9.17, 15) is 4.79 Å². The van der Waals surface area contributed by atoms with E-state index in [4.69, 9.17) is 16.3 Å². The van der Waals surface area contributed by atoms with Crippen LogP contribution in [0.5, 0.6) is 5.75 Å². The van der Waals surface area contributed by atoms with Crippen LogP contribution in [0.1, 0.15) is 5.69 Å². The van der Waals surface area contributed by atoms with Crippen molar-refractivity contribution in [3.05, 3.63) is 77.7 Å². The monoisotopic (exact) mass is 394 g/mol. The number of fused-ring (bicyclic) bond motifs is 1. The average Bonchev–Trinajstić information content (AvgIpc) is 3.34. The van der Waals surface area contributed by atoms with Gasteiger partial charge in [0.05, 0.1) is 25.0 Å². The van der Waals surface area contributed by atoms with Crippen LogP contribution < -0.4 is 10.1 Å². The van der Waals surface area contributed by atoms with Gasteiger partial charge in [-0.25, -0.2) is 4.68 Å². The van der Waals surface area contributed by atoms with E-state index in [1.807, 2.05) is 71.6 Å². The molecule has 0 radical (unpaired) electrons. The highest BCUT2D eigenvalue weighted by Crippen LogP contribution is 2.20. The van der Waals surface area contributed by atoms with Crippen molar-refractivity contribution < 1.29 is 9.53 Å². The van der Waals surface area contributed by atoms with Crippen molar-refractivity contribution >= 4 is 28.4 Å². The Balaban J connectivity index is 1.38. The third-order valence-electron chi connectivity index (χ3n) is 4.50. The maximum atomic E-state index is 12.3. The first-order chi connectivity index (χ1) is 13.6. The summed E-state index contributed by atoms with van der Waals surface area (Å²) in [4.78, 5) is 12.3. The molecule has 0 bridgehead atoms. The molecule has 2 aromatic heterocycles. The third kappa shape index (κ3) is 3.87. The molecule has 0 aliphatic rings. The normalized spacial score (nSPS) is 10.9. The molecular formula is C21H19ClN4O2. The Hall–Kier alpha value is -3.25. The van der Waals surface area contributed by atoms with Gasteiger partial charge in [-0.1, -0.05) is 17.7 Å². The molecular weight excluding hydrogens is 376 g/mol. The minimum atomic E-state index is -0.0866. The number of carbonyl (C=O) groups is 1. The van der Waals surface area contributed by atoms with Crippen molar-refractivity contribution in [1.82, 2.24) is 19.7 Å². The summed E-state index contributed by atoms with van der Waals surface area (Å²) in [5, 5.41) is 9.12. The zero-order valence-corrected chi connectivity index (χ0v) is 16.1. The lowest BCUT2D eigenvalue weighted by atomic mass is 10.2. The molecule has 0 saturated heterocycles. The van der Waals surface area contributed by atoms with Crippen molar-refractivity contribution in [1.29, 1.82) is 0 Å². The van der Waals surface area contributed by atoms with Gasteiger partial charge in [0.1, 0.15) is 12.3 Å². The van der Waals surface area contributed by atoms with Crippen LogP contribution >= 0.6 is 11.6 Å². The molecule has 0 atom stereocenters. The van der Waals surface area contributed by atoms with E-state index in [1.165, 1.54) is 0 Å². The van der Waals surface area contributed by atoms with Gasteiger partial charge in [0.25, 0.3) is 0 Å². The van der Waals surface area contributed by atoms with Crippen LogP contribution in [0, 0.1) is 0 Å². The highest BCUT2D eigenvalue weighted by atomic mass is 35.5. The molecule has 0 unspecified atom stereocenters. The first-order valence-corrected chi connectivity index (χ1v) is 9.20. The average molecular weight is 395 g/mol. The van der Waals surface area contributed by atoms with Gasteiger partial charge in [0, 0.05) is 22.9 Å². The van der Waals surface area contributed by atoms with Gasteiger partial charge in [-0.2, -0.15) is 5.10 Å². The van der Waals surface area contributed by atoms with Crippen LogP contribution in [-0.4, -0.2) is 27.4 Å². The second-order valence-corrected chi connectivity index (χ2v) is 6.81. The summed E-state index contributed by atoms with van der Waals surface area (Å²) in [6.45, 7) is 0.588. The third-order valence-corrected chi connectivity index (χ3v) is 4.73. The van der Waals surface area contributed by atoms with Crippen LogP contribution in [0.4, 0.5) is 0 Å². The van der Waals surface area contributed by atoms with Gasteiger partial charge in [-0.15, -0.1) is 0 Å². The molecule has 4 aromatic rings. The minimum absolute atomic E-state index is 0.0866. The van der Waals surface area contributed by atoms with Gasteiger partial charge in [-0.3, -0.25) is 4.79 Å². The Labute approximate surface area is 167 Å². The van der Waals surface area contributed by atoms with Gasteiger partial charge in [0.2, 0.25) is 5.91 Å². The fraction of sp³-hybridized carbons (Fsp3) is 0.143. The summed E-state index contributed by atoms with van der Waals surface area (Å²) in [7, 11) is 1.63. The summed E-state index contributed by atoms with van der Waals surface area (Å²) >= 11 is 6.06. The van der Waals surface area contributed by atoms with E-state index in [0.29, 0.717) is 11.6 Å². The highest BCUT2D eigenvalue weighted by molar-refractivity contribution is 6.31. The number of halogens is 1. The quantitative estimate of drug-likeness (QED) is 0.541. The predicted molar refractivity (Wildman–Crippen MR) is 109 cm³/mol. The summed E-state index contributed by atoms with van der Waals surface area (Å²) in [5.74, 6) is 0.707. The van der Waals surface area contributed by atoms with E-state index in [2.05, 4.69) is 10.4 Å². The molecule has 4 rings (SSSR count). The smallest absolute Gasteiger partial charge is 0.240 e. The Morgan fingerprint density at radius 3 is 2.71 bits per heavy atom. The number of nitrogens with zero attached hydrogens (tertiary/aromatic N) is 3. The topological polar surface area (TPSA) is 61.1 Å². The molecule has 1 N–H and O–H groups in total. The van der Waals surface area contributed by atoms with Crippen molar-refractivity contribution in [2.45, 2.75) is 13.1 Å². The van der Waals surface area contributed by atoms with Gasteiger partial charge >= 0.3 is 0 Å². The second-order valence-electron chi connectivity index (χ2n) is 6.37. The summed E-state index contributed by atoms with van der Waals surface area (Å²) < 4.78 is 8.81. The van der Waals surface area contributed by atoms with Crippen LogP contribution in [0.3, 0.4) is 0 Å². The lowest BCUT2D eigenvalue weighted by Crippen LogP contribution is -2.27. The van der Waals surface area contributed by atoms with Gasteiger partial charge in [0.15, 0.2) is 0 Å². The molecule has 2 aromatic carbocycles. The number of benzene rings is 2. The molecule has 0 spiro atoms. The van der Waals surface area contributed by atoms with E-state index < -0.39 is 0 Å². The van der Waals surface area contributed by atoms with E-state index in [-0.39, 0.29) is 12.5 Å². The Kier molecular flexibility index (Phi) is 5.04. The molecule has 0 fully saturated rings. The number of carbonyl (C=O) groups excluding carboxylic acids is 1. The largest absolute Gasteiger partial charge is 0.497 e. The molecule has 0 aliphatic carbocycles. The molecule has 28 heavy (non-hydrogen) atoms. The Bertz CT molecular complexity index is 1120. The number of methoxy groups -OCH3 is 1. The number of ether oxygens (including phenoxy) is 1. The summed E-state index contributed by atoms with van der Waals surface area (Å²) in [6.07, 6.45) is 3.75. The summed E-state index contributed by atoms with van der Waals surface area (Å²) in [6, 6.07) is 17.1. The highest BCUT2D eigenvalue weighted by Gasteiger charge is 2.08. The van der Waals surface area contributed by atoms with Crippen LogP contribution in [0.2, 0.25) is 5.02 Å².